The minimum atomic E-state index is 0.180. The molecule has 0 atom stereocenters. The molecule has 3 heteroatoms. The zero-order chi connectivity index (χ0) is 12.7. The van der Waals surface area contributed by atoms with Crippen molar-refractivity contribution in [3.05, 3.63) is 29.8 Å². The van der Waals surface area contributed by atoms with Crippen molar-refractivity contribution in [1.29, 1.82) is 0 Å². The molecule has 1 aromatic rings. The highest BCUT2D eigenvalue weighted by Crippen LogP contribution is 2.12. The Kier molecular flexibility index (Phi) is 5.70. The molecule has 0 saturated heterocycles. The first-order valence-corrected chi connectivity index (χ1v) is 6.02. The first kappa shape index (κ1) is 13.7. The first-order chi connectivity index (χ1) is 8.08. The van der Waals surface area contributed by atoms with Crippen LogP contribution in [0.1, 0.15) is 26.3 Å². The highest BCUT2D eigenvalue weighted by atomic mass is 16.5. The number of nitrogens with one attached hydrogen (secondary N) is 1. The molecule has 0 aliphatic rings. The third-order valence-electron chi connectivity index (χ3n) is 2.30. The van der Waals surface area contributed by atoms with E-state index in [-0.39, 0.29) is 5.78 Å². The summed E-state index contributed by atoms with van der Waals surface area (Å²) in [4.78, 5) is 10.9. The lowest BCUT2D eigenvalue weighted by Crippen LogP contribution is -2.27. The number of benzene rings is 1. The van der Waals surface area contributed by atoms with Crippen molar-refractivity contribution >= 4 is 5.78 Å². The number of carbonyl (C=O) groups excluding carboxylic acids is 1. The van der Waals surface area contributed by atoms with Crippen LogP contribution in [0.2, 0.25) is 0 Å². The number of carbonyl (C=O) groups is 1. The minimum absolute atomic E-state index is 0.180. The van der Waals surface area contributed by atoms with Crippen LogP contribution in [0.4, 0.5) is 0 Å². The lowest BCUT2D eigenvalue weighted by molar-refractivity contribution is -0.116. The number of ketones is 1. The van der Waals surface area contributed by atoms with Crippen LogP contribution in [-0.4, -0.2) is 25.0 Å². The van der Waals surface area contributed by atoms with Gasteiger partial charge in [0, 0.05) is 19.0 Å². The molecule has 0 aliphatic heterocycles. The zero-order valence-electron chi connectivity index (χ0n) is 10.8. The van der Waals surface area contributed by atoms with Gasteiger partial charge in [0.15, 0.2) is 0 Å². The quantitative estimate of drug-likeness (QED) is 0.736. The Morgan fingerprint density at radius 2 is 1.94 bits per heavy atom. The van der Waals surface area contributed by atoms with Crippen LogP contribution >= 0.6 is 0 Å². The molecular weight excluding hydrogens is 214 g/mol. The summed E-state index contributed by atoms with van der Waals surface area (Å²) < 4.78 is 5.57. The predicted molar refractivity (Wildman–Crippen MR) is 69.5 cm³/mol. The predicted octanol–water partition coefficient (Wildman–Crippen LogP) is 2.19. The Morgan fingerprint density at radius 1 is 1.29 bits per heavy atom. The normalized spacial score (nSPS) is 10.6. The van der Waals surface area contributed by atoms with Crippen molar-refractivity contribution in [2.45, 2.75) is 33.2 Å². The van der Waals surface area contributed by atoms with Crippen molar-refractivity contribution < 1.29 is 9.53 Å². The summed E-state index contributed by atoms with van der Waals surface area (Å²) in [5.41, 5.74) is 1.03. The first-order valence-electron chi connectivity index (χ1n) is 6.02. The highest BCUT2D eigenvalue weighted by molar-refractivity contribution is 5.78. The Labute approximate surface area is 103 Å². The van der Waals surface area contributed by atoms with E-state index >= 15 is 0 Å². The molecule has 0 unspecified atom stereocenters. The molecule has 3 nitrogen and oxygen atoms in total. The monoisotopic (exact) mass is 235 g/mol. The summed E-state index contributed by atoms with van der Waals surface area (Å²) >= 11 is 0. The number of ether oxygens (including phenoxy) is 1. The summed E-state index contributed by atoms with van der Waals surface area (Å²) in [6, 6.07) is 8.18. The molecular formula is C14H21NO2. The van der Waals surface area contributed by atoms with Gasteiger partial charge in [0.05, 0.1) is 0 Å². The van der Waals surface area contributed by atoms with E-state index in [1.807, 2.05) is 24.3 Å². The van der Waals surface area contributed by atoms with Gasteiger partial charge in [-0.2, -0.15) is 0 Å². The molecule has 0 amide bonds. The van der Waals surface area contributed by atoms with Crippen molar-refractivity contribution in [3.63, 3.8) is 0 Å². The molecule has 0 bridgehead atoms. The third-order valence-corrected chi connectivity index (χ3v) is 2.30. The second-order valence-electron chi connectivity index (χ2n) is 4.48. The van der Waals surface area contributed by atoms with Gasteiger partial charge < -0.3 is 10.1 Å². The molecule has 0 saturated carbocycles. The van der Waals surface area contributed by atoms with E-state index in [0.29, 0.717) is 19.1 Å². The maximum absolute atomic E-state index is 10.9. The van der Waals surface area contributed by atoms with Crippen molar-refractivity contribution in [3.8, 4) is 5.75 Å². The van der Waals surface area contributed by atoms with E-state index in [2.05, 4.69) is 19.2 Å². The van der Waals surface area contributed by atoms with E-state index in [1.165, 1.54) is 0 Å². The Bertz CT molecular complexity index is 344. The van der Waals surface area contributed by atoms with Crippen LogP contribution in [0.25, 0.3) is 0 Å². The Morgan fingerprint density at radius 3 is 2.47 bits per heavy atom. The average molecular weight is 235 g/mol. The lowest BCUT2D eigenvalue weighted by Gasteiger charge is -2.10. The van der Waals surface area contributed by atoms with Gasteiger partial charge >= 0.3 is 0 Å². The maximum atomic E-state index is 10.9. The molecule has 1 aromatic carbocycles. The zero-order valence-corrected chi connectivity index (χ0v) is 10.8. The van der Waals surface area contributed by atoms with Crippen LogP contribution in [0, 0.1) is 0 Å². The fourth-order valence-corrected chi connectivity index (χ4v) is 1.51. The summed E-state index contributed by atoms with van der Waals surface area (Å²) in [5, 5.41) is 3.28. The molecule has 17 heavy (non-hydrogen) atoms. The molecule has 1 rings (SSSR count). The molecule has 0 fully saturated rings. The molecule has 0 heterocycles. The van der Waals surface area contributed by atoms with Crippen molar-refractivity contribution in [2.24, 2.45) is 0 Å². The van der Waals surface area contributed by atoms with Crippen LogP contribution < -0.4 is 10.1 Å². The number of hydrogen-bond acceptors (Lipinski definition) is 3. The van der Waals surface area contributed by atoms with Gasteiger partial charge in [0.1, 0.15) is 18.1 Å². The standard InChI is InChI=1S/C14H21NO2/c1-11(2)15-8-9-17-14-6-4-13(5-7-14)10-12(3)16/h4-7,11,15H,8-10H2,1-3H3. The smallest absolute Gasteiger partial charge is 0.134 e. The van der Waals surface area contributed by atoms with Gasteiger partial charge in [-0.25, -0.2) is 0 Å². The summed E-state index contributed by atoms with van der Waals surface area (Å²) in [6.45, 7) is 7.31. The Balaban J connectivity index is 2.32. The van der Waals surface area contributed by atoms with Crippen LogP contribution in [0.5, 0.6) is 5.75 Å². The van der Waals surface area contributed by atoms with Gasteiger partial charge in [-0.3, -0.25) is 4.79 Å². The van der Waals surface area contributed by atoms with E-state index in [4.69, 9.17) is 4.74 Å². The third kappa shape index (κ3) is 6.07. The SMILES string of the molecule is CC(=O)Cc1ccc(OCCNC(C)C)cc1. The minimum Gasteiger partial charge on any atom is -0.492 e. The molecule has 1 N–H and O–H groups in total. The lowest BCUT2D eigenvalue weighted by atomic mass is 10.1. The topological polar surface area (TPSA) is 38.3 Å². The summed E-state index contributed by atoms with van der Waals surface area (Å²) in [5.74, 6) is 1.03. The van der Waals surface area contributed by atoms with E-state index in [0.717, 1.165) is 17.9 Å². The molecule has 0 radical (unpaired) electrons. The second kappa shape index (κ2) is 7.07. The molecule has 0 spiro atoms. The van der Waals surface area contributed by atoms with Gasteiger partial charge in [0.2, 0.25) is 0 Å². The van der Waals surface area contributed by atoms with E-state index in [1.54, 1.807) is 6.92 Å². The summed E-state index contributed by atoms with van der Waals surface area (Å²) in [6.07, 6.45) is 0.495. The van der Waals surface area contributed by atoms with Gasteiger partial charge in [0.25, 0.3) is 0 Å². The van der Waals surface area contributed by atoms with E-state index < -0.39 is 0 Å². The van der Waals surface area contributed by atoms with Crippen LogP contribution in [0.15, 0.2) is 24.3 Å². The average Bonchev–Trinajstić information content (AvgIpc) is 2.25. The van der Waals surface area contributed by atoms with Crippen molar-refractivity contribution in [1.82, 2.24) is 5.32 Å². The number of rotatable bonds is 7. The highest BCUT2D eigenvalue weighted by Gasteiger charge is 1.99. The fourth-order valence-electron chi connectivity index (χ4n) is 1.51. The molecule has 0 aliphatic carbocycles. The van der Waals surface area contributed by atoms with Crippen molar-refractivity contribution in [2.75, 3.05) is 13.2 Å². The van der Waals surface area contributed by atoms with Crippen LogP contribution in [0.3, 0.4) is 0 Å². The Hall–Kier alpha value is -1.35. The largest absolute Gasteiger partial charge is 0.492 e. The second-order valence-corrected chi connectivity index (χ2v) is 4.48. The molecule has 94 valence electrons. The van der Waals surface area contributed by atoms with Gasteiger partial charge in [-0.15, -0.1) is 0 Å². The maximum Gasteiger partial charge on any atom is 0.134 e. The van der Waals surface area contributed by atoms with E-state index in [9.17, 15) is 4.79 Å². The van der Waals surface area contributed by atoms with Gasteiger partial charge in [-0.1, -0.05) is 26.0 Å². The van der Waals surface area contributed by atoms with Crippen LogP contribution in [-0.2, 0) is 11.2 Å². The van der Waals surface area contributed by atoms with Gasteiger partial charge in [-0.05, 0) is 24.6 Å². The summed E-state index contributed by atoms with van der Waals surface area (Å²) in [7, 11) is 0. The number of hydrogen-bond donors (Lipinski definition) is 1. The fraction of sp³-hybridized carbons (Fsp3) is 0.500. The number of Topliss-reactive ketones (excluding diaryl/α,β-unsaturated/α-hetero) is 1. The molecule has 0 aromatic heterocycles.